The molecule has 0 unspecified atom stereocenters. The Bertz CT molecular complexity index is 2630. The molecule has 5 nitrogen and oxygen atoms in total. The van der Waals surface area contributed by atoms with Crippen LogP contribution in [0.15, 0.2) is 152 Å². The summed E-state index contributed by atoms with van der Waals surface area (Å²) in [6.45, 7) is 0. The van der Waals surface area contributed by atoms with E-state index in [2.05, 4.69) is 94.1 Å². The molecule has 0 bridgehead atoms. The molecule has 3 heterocycles. The minimum absolute atomic E-state index is 0.428. The Hall–Kier alpha value is -6.51. The van der Waals surface area contributed by atoms with Crippen LogP contribution in [0.4, 0.5) is 0 Å². The molecule has 214 valence electrons. The van der Waals surface area contributed by atoms with E-state index in [0.717, 1.165) is 49.7 Å². The summed E-state index contributed by atoms with van der Waals surface area (Å²) in [6, 6.07) is 54.3. The molecule has 9 rings (SSSR count). The molecule has 0 amide bonds. The SMILES string of the molecule is N#Cc1c(-c2ccccc2)nc(-c2ccccc2)nc1-n1c2ccccc2c2cc3c4ccccc4n(-c4ccccc4)c3cc21. The fourth-order valence-electron chi connectivity index (χ4n) is 6.75. The molecule has 0 aliphatic carbocycles. The highest BCUT2D eigenvalue weighted by Gasteiger charge is 2.23. The van der Waals surface area contributed by atoms with Crippen molar-refractivity contribution in [3.63, 3.8) is 0 Å². The Labute approximate surface area is 264 Å². The Morgan fingerprint density at radius 3 is 1.61 bits per heavy atom. The zero-order valence-corrected chi connectivity index (χ0v) is 24.7. The molecule has 0 atom stereocenters. The van der Waals surface area contributed by atoms with Gasteiger partial charge in [0, 0.05) is 38.4 Å². The number of nitrogens with zero attached hydrogens (tertiary/aromatic N) is 5. The summed E-state index contributed by atoms with van der Waals surface area (Å²) in [7, 11) is 0. The third kappa shape index (κ3) is 3.88. The van der Waals surface area contributed by atoms with Crippen LogP contribution in [0.3, 0.4) is 0 Å². The summed E-state index contributed by atoms with van der Waals surface area (Å²) in [6.07, 6.45) is 0. The second kappa shape index (κ2) is 10.3. The van der Waals surface area contributed by atoms with Gasteiger partial charge in [0.15, 0.2) is 11.6 Å². The van der Waals surface area contributed by atoms with Crippen LogP contribution in [0.5, 0.6) is 0 Å². The quantitative estimate of drug-likeness (QED) is 0.206. The van der Waals surface area contributed by atoms with Gasteiger partial charge in [-0.15, -0.1) is 0 Å². The molecule has 9 aromatic rings. The Balaban J connectivity index is 1.45. The molecule has 5 heteroatoms. The van der Waals surface area contributed by atoms with Crippen molar-refractivity contribution in [3.8, 4) is 40.2 Å². The van der Waals surface area contributed by atoms with Gasteiger partial charge < -0.3 is 4.57 Å². The van der Waals surface area contributed by atoms with E-state index in [1.165, 1.54) is 10.8 Å². The molecule has 0 aliphatic heterocycles. The van der Waals surface area contributed by atoms with Crippen molar-refractivity contribution in [3.05, 3.63) is 157 Å². The lowest BCUT2D eigenvalue weighted by atomic mass is 10.1. The second-order valence-electron chi connectivity index (χ2n) is 11.4. The van der Waals surface area contributed by atoms with E-state index in [1.54, 1.807) is 0 Å². The van der Waals surface area contributed by atoms with E-state index < -0.39 is 0 Å². The predicted octanol–water partition coefficient (Wildman–Crippen LogP) is 9.88. The molecular formula is C41H25N5. The van der Waals surface area contributed by atoms with Crippen molar-refractivity contribution >= 4 is 43.6 Å². The zero-order valence-electron chi connectivity index (χ0n) is 24.7. The zero-order chi connectivity index (χ0) is 30.6. The molecule has 0 fully saturated rings. The minimum atomic E-state index is 0.428. The van der Waals surface area contributed by atoms with Gasteiger partial charge in [0.05, 0.1) is 27.8 Å². The maximum Gasteiger partial charge on any atom is 0.162 e. The normalized spacial score (nSPS) is 11.5. The summed E-state index contributed by atoms with van der Waals surface area (Å²) in [5.74, 6) is 1.13. The average Bonchev–Trinajstić information content (AvgIpc) is 3.63. The summed E-state index contributed by atoms with van der Waals surface area (Å²) < 4.78 is 4.47. The monoisotopic (exact) mass is 587 g/mol. The van der Waals surface area contributed by atoms with Gasteiger partial charge in [-0.2, -0.15) is 5.26 Å². The van der Waals surface area contributed by atoms with Gasteiger partial charge in [-0.3, -0.25) is 4.57 Å². The fraction of sp³-hybridized carbons (Fsp3) is 0. The molecule has 6 aromatic carbocycles. The van der Waals surface area contributed by atoms with Gasteiger partial charge in [0.2, 0.25) is 0 Å². The molecule has 0 aliphatic rings. The molecule has 0 radical (unpaired) electrons. The number of fused-ring (bicyclic) bond motifs is 6. The summed E-state index contributed by atoms with van der Waals surface area (Å²) >= 11 is 0. The van der Waals surface area contributed by atoms with Gasteiger partial charge in [-0.25, -0.2) is 9.97 Å². The van der Waals surface area contributed by atoms with Gasteiger partial charge >= 0.3 is 0 Å². The standard InChI is InChI=1S/C41H25N5/c42-26-34-39(27-14-4-1-5-15-27)43-40(28-16-6-2-7-17-28)44-41(34)46-36-23-13-11-21-31(36)33-24-32-30-20-10-12-22-35(30)45(37(32)25-38(33)46)29-18-8-3-9-19-29/h1-25H. The van der Waals surface area contributed by atoms with E-state index in [-0.39, 0.29) is 0 Å². The molecular weight excluding hydrogens is 562 g/mol. The summed E-state index contributed by atoms with van der Waals surface area (Å²) in [5.41, 5.74) is 8.07. The van der Waals surface area contributed by atoms with Gasteiger partial charge in [0.25, 0.3) is 0 Å². The average molecular weight is 588 g/mol. The van der Waals surface area contributed by atoms with Crippen molar-refractivity contribution in [1.82, 2.24) is 19.1 Å². The van der Waals surface area contributed by atoms with Crippen LogP contribution in [0.25, 0.3) is 77.8 Å². The maximum atomic E-state index is 10.8. The minimum Gasteiger partial charge on any atom is -0.309 e. The van der Waals surface area contributed by atoms with Crippen LogP contribution >= 0.6 is 0 Å². The number of hydrogen-bond donors (Lipinski definition) is 0. The van der Waals surface area contributed by atoms with Crippen LogP contribution in [0.1, 0.15) is 5.56 Å². The lowest BCUT2D eigenvalue weighted by molar-refractivity contribution is 1.04. The van der Waals surface area contributed by atoms with Crippen LogP contribution < -0.4 is 0 Å². The highest BCUT2D eigenvalue weighted by Crippen LogP contribution is 2.40. The third-order valence-corrected chi connectivity index (χ3v) is 8.77. The largest absolute Gasteiger partial charge is 0.309 e. The van der Waals surface area contributed by atoms with E-state index >= 15 is 0 Å². The Kier molecular flexibility index (Phi) is 5.81. The maximum absolute atomic E-state index is 10.8. The van der Waals surface area contributed by atoms with Crippen molar-refractivity contribution < 1.29 is 0 Å². The van der Waals surface area contributed by atoms with E-state index in [1.807, 2.05) is 72.8 Å². The topological polar surface area (TPSA) is 59.4 Å². The fourth-order valence-corrected chi connectivity index (χ4v) is 6.75. The van der Waals surface area contributed by atoms with E-state index in [0.29, 0.717) is 22.9 Å². The Morgan fingerprint density at radius 1 is 0.457 bits per heavy atom. The number of para-hydroxylation sites is 3. The van der Waals surface area contributed by atoms with Crippen LogP contribution in [0.2, 0.25) is 0 Å². The Morgan fingerprint density at radius 2 is 0.978 bits per heavy atom. The molecule has 0 saturated heterocycles. The first kappa shape index (κ1) is 25.9. The van der Waals surface area contributed by atoms with Crippen LogP contribution in [-0.2, 0) is 0 Å². The number of nitriles is 1. The van der Waals surface area contributed by atoms with Gasteiger partial charge in [-0.05, 0) is 36.4 Å². The lowest BCUT2D eigenvalue weighted by Crippen LogP contribution is -2.07. The number of aromatic nitrogens is 4. The van der Waals surface area contributed by atoms with Crippen molar-refractivity contribution in [2.45, 2.75) is 0 Å². The van der Waals surface area contributed by atoms with Gasteiger partial charge in [-0.1, -0.05) is 115 Å². The molecule has 0 spiro atoms. The van der Waals surface area contributed by atoms with Gasteiger partial charge in [0.1, 0.15) is 11.6 Å². The molecule has 46 heavy (non-hydrogen) atoms. The van der Waals surface area contributed by atoms with Crippen molar-refractivity contribution in [2.24, 2.45) is 0 Å². The molecule has 0 N–H and O–H groups in total. The first-order chi connectivity index (χ1) is 22.8. The van der Waals surface area contributed by atoms with Crippen molar-refractivity contribution in [2.75, 3.05) is 0 Å². The molecule has 0 saturated carbocycles. The number of hydrogen-bond acceptors (Lipinski definition) is 3. The van der Waals surface area contributed by atoms with Crippen molar-refractivity contribution in [1.29, 1.82) is 5.26 Å². The number of benzene rings is 6. The first-order valence-corrected chi connectivity index (χ1v) is 15.3. The van der Waals surface area contributed by atoms with E-state index in [4.69, 9.17) is 9.97 Å². The molecule has 3 aromatic heterocycles. The third-order valence-electron chi connectivity index (χ3n) is 8.77. The summed E-state index contributed by atoms with van der Waals surface area (Å²) in [5, 5.41) is 15.3. The highest BCUT2D eigenvalue weighted by atomic mass is 15.1. The smallest absolute Gasteiger partial charge is 0.162 e. The van der Waals surface area contributed by atoms with Crippen LogP contribution in [0, 0.1) is 11.3 Å². The van der Waals surface area contributed by atoms with E-state index in [9.17, 15) is 5.26 Å². The first-order valence-electron chi connectivity index (χ1n) is 15.3. The predicted molar refractivity (Wildman–Crippen MR) is 186 cm³/mol. The lowest BCUT2D eigenvalue weighted by Gasteiger charge is -2.15. The summed E-state index contributed by atoms with van der Waals surface area (Å²) in [4.78, 5) is 10.2. The van der Waals surface area contributed by atoms with Crippen LogP contribution in [-0.4, -0.2) is 19.1 Å². The number of rotatable bonds is 4. The highest BCUT2D eigenvalue weighted by molar-refractivity contribution is 6.19. The second-order valence-corrected chi connectivity index (χ2v) is 11.4.